The molecule has 5 aromatic rings. The van der Waals surface area contributed by atoms with Crippen molar-refractivity contribution >= 4 is 60.6 Å². The summed E-state index contributed by atoms with van der Waals surface area (Å²) in [6.45, 7) is 3.43. The van der Waals surface area contributed by atoms with E-state index in [2.05, 4.69) is 35.2 Å². The Morgan fingerprint density at radius 3 is 2.43 bits per heavy atom. The first-order chi connectivity index (χ1) is 25.3. The third kappa shape index (κ3) is 7.44. The van der Waals surface area contributed by atoms with E-state index in [1.54, 1.807) is 49.3 Å². The molecular weight excluding hydrogens is 752 g/mol. The monoisotopic (exact) mass is 788 g/mol. The molecule has 0 aliphatic carbocycles. The van der Waals surface area contributed by atoms with Crippen molar-refractivity contribution in [3.63, 3.8) is 0 Å². The number of hydrogen-bond donors (Lipinski definition) is 4. The molecule has 6 heterocycles. The third-order valence-corrected chi connectivity index (χ3v) is 11.5. The molecule has 1 aromatic carbocycles. The first-order valence-electron chi connectivity index (χ1n) is 16.5. The van der Waals surface area contributed by atoms with Crippen molar-refractivity contribution in [2.45, 2.75) is 57.6 Å². The summed E-state index contributed by atoms with van der Waals surface area (Å²) in [4.78, 5) is 59.2. The minimum atomic E-state index is -3.05. The van der Waals surface area contributed by atoms with Crippen molar-refractivity contribution in [3.8, 4) is 0 Å². The molecule has 0 saturated carbocycles. The molecule has 22 heteroatoms. The van der Waals surface area contributed by atoms with E-state index in [1.165, 1.54) is 23.5 Å². The normalized spacial score (nSPS) is 27.3. The van der Waals surface area contributed by atoms with Crippen LogP contribution in [0.2, 0.25) is 0 Å². The lowest BCUT2D eigenvalue weighted by atomic mass is 10.0. The zero-order chi connectivity index (χ0) is 37.6. The van der Waals surface area contributed by atoms with Crippen molar-refractivity contribution in [1.29, 1.82) is 0 Å². The van der Waals surface area contributed by atoms with Gasteiger partial charge < -0.3 is 33.9 Å². The Bertz CT molecular complexity index is 2270. The van der Waals surface area contributed by atoms with Gasteiger partial charge in [0.2, 0.25) is 0 Å². The molecular formula is C31H36N9O10P2S+. The van der Waals surface area contributed by atoms with Crippen molar-refractivity contribution in [1.82, 2.24) is 39.0 Å². The van der Waals surface area contributed by atoms with E-state index in [0.717, 1.165) is 0 Å². The van der Waals surface area contributed by atoms with Gasteiger partial charge in [0.15, 0.2) is 47.0 Å². The van der Waals surface area contributed by atoms with Crippen LogP contribution in [0.25, 0.3) is 22.3 Å². The van der Waals surface area contributed by atoms with E-state index < -0.39 is 63.1 Å². The number of nitrogens with one attached hydrogen (secondary N) is 2. The molecule has 4 unspecified atom stereocenters. The van der Waals surface area contributed by atoms with Gasteiger partial charge in [0.05, 0.1) is 32.0 Å². The van der Waals surface area contributed by atoms with Crippen LogP contribution in [-0.2, 0) is 39.4 Å². The Morgan fingerprint density at radius 2 is 1.72 bits per heavy atom. The first kappa shape index (κ1) is 37.4. The van der Waals surface area contributed by atoms with Gasteiger partial charge in [-0.05, 0) is 30.9 Å². The quantitative estimate of drug-likeness (QED) is 0.133. The number of aromatic nitrogens is 8. The number of aliphatic hydroxyl groups excluding tert-OH is 1. The van der Waals surface area contributed by atoms with Crippen LogP contribution in [0, 0.1) is 18.8 Å². The summed E-state index contributed by atoms with van der Waals surface area (Å²) in [7, 11) is -3.02. The second-order valence-corrected chi connectivity index (χ2v) is 17.5. The molecule has 2 aliphatic rings. The average molecular weight is 789 g/mol. The summed E-state index contributed by atoms with van der Waals surface area (Å²) in [6.07, 6.45) is -0.547. The van der Waals surface area contributed by atoms with Gasteiger partial charge in [-0.3, -0.25) is 18.7 Å². The Hall–Kier alpha value is -3.94. The Kier molecular flexibility index (Phi) is 10.6. The van der Waals surface area contributed by atoms with Crippen LogP contribution in [0.5, 0.6) is 0 Å². The molecule has 4 N–H and O–H groups in total. The Labute approximate surface area is 307 Å². The highest BCUT2D eigenvalue weighted by Gasteiger charge is 2.50. The van der Waals surface area contributed by atoms with Crippen LogP contribution < -0.4 is 10.9 Å². The second kappa shape index (κ2) is 15.1. The topological polar surface area (TPSA) is 240 Å². The fraction of sp³-hybridized carbons (Fsp3) is 0.452. The molecule has 2 aliphatic heterocycles. The predicted molar refractivity (Wildman–Crippen MR) is 192 cm³/mol. The van der Waals surface area contributed by atoms with Gasteiger partial charge in [0.25, 0.3) is 11.5 Å². The molecule has 2 saturated heterocycles. The van der Waals surface area contributed by atoms with Crippen LogP contribution in [0.15, 0.2) is 54.1 Å². The maximum absolute atomic E-state index is 12.8. The molecule has 2 fully saturated rings. The smallest absolute Gasteiger partial charge is 0.394 e. The lowest BCUT2D eigenvalue weighted by molar-refractivity contribution is -0.0475. The molecule has 19 nitrogen and oxygen atoms in total. The molecule has 7 rings (SSSR count). The molecule has 10 atom stereocenters. The largest absolute Gasteiger partial charge is 0.695 e. The highest BCUT2D eigenvalue weighted by Crippen LogP contribution is 2.52. The summed E-state index contributed by atoms with van der Waals surface area (Å²) in [6, 6.07) is 8.70. The number of aromatic amines is 1. The van der Waals surface area contributed by atoms with E-state index in [-0.39, 0.29) is 42.0 Å². The number of fused-ring (bicyclic) bond motifs is 2. The average Bonchev–Trinajstić information content (AvgIpc) is 3.89. The number of aliphatic hydroxyl groups is 1. The van der Waals surface area contributed by atoms with Crippen molar-refractivity contribution in [2.75, 3.05) is 25.2 Å². The van der Waals surface area contributed by atoms with E-state index >= 15 is 0 Å². The molecule has 280 valence electrons. The van der Waals surface area contributed by atoms with Gasteiger partial charge in [0.1, 0.15) is 30.6 Å². The molecule has 0 radical (unpaired) electrons. The highest BCUT2D eigenvalue weighted by molar-refractivity contribution is 8.09. The number of rotatable bonds is 12. The van der Waals surface area contributed by atoms with Gasteiger partial charge in [-0.15, -0.1) is 9.42 Å². The number of amides is 1. The van der Waals surface area contributed by atoms with Crippen LogP contribution in [0.3, 0.4) is 0 Å². The molecule has 0 spiro atoms. The number of carbonyl (C=O) groups is 1. The van der Waals surface area contributed by atoms with Gasteiger partial charge in [0, 0.05) is 28.6 Å². The van der Waals surface area contributed by atoms with Crippen molar-refractivity contribution in [2.24, 2.45) is 11.8 Å². The molecule has 1 amide bonds. The van der Waals surface area contributed by atoms with Gasteiger partial charge >= 0.3 is 8.25 Å². The minimum Gasteiger partial charge on any atom is -0.394 e. The van der Waals surface area contributed by atoms with E-state index in [9.17, 15) is 24.2 Å². The van der Waals surface area contributed by atoms with Gasteiger partial charge in [-0.2, -0.15) is 0 Å². The van der Waals surface area contributed by atoms with E-state index in [4.69, 9.17) is 34.9 Å². The molecule has 4 aromatic heterocycles. The number of ether oxygens (including phenoxy) is 2. The maximum Gasteiger partial charge on any atom is 0.695 e. The summed E-state index contributed by atoms with van der Waals surface area (Å²) in [5.41, 5.74) is 1.06. The number of nitrogens with zero attached hydrogens (tertiary/aromatic N) is 7. The Balaban J connectivity index is 1.05. The summed E-state index contributed by atoms with van der Waals surface area (Å²) in [5.74, 6) is -0.644. The maximum atomic E-state index is 12.8. The zero-order valence-electron chi connectivity index (χ0n) is 28.7. The number of aryl methyl sites for hydroxylation is 1. The van der Waals surface area contributed by atoms with E-state index in [1.807, 2.05) is 13.0 Å². The standard InChI is InChI=1S/C31H35N9O10P2S/c1-15-20(48-31(24(15)49-51(44)45)40-14-35-22-27(40)36-17(3)37-29(22)43)11-46-52(4,53)50-23-16(2)30(47-19(23)10-41)39-13-34-21-25(32-12-33-26(21)39)38-28(42)18-8-6-5-7-9-18/h5-9,12-16,19-20,23-24,30-31,41H,10-11H2,1-4H3,(H2-,32,33,36,37,38,42,43,44,45)/p+1/t15?,16?,19-,20-,23-,24+,30-,31-,52?/m1/s1. The number of H-pyrrole nitrogens is 1. The molecule has 53 heavy (non-hydrogen) atoms. The van der Waals surface area contributed by atoms with Gasteiger partial charge in [-0.1, -0.05) is 32.0 Å². The number of anilines is 1. The van der Waals surface area contributed by atoms with Crippen LogP contribution in [0.4, 0.5) is 5.82 Å². The number of carbonyl (C=O) groups excluding carboxylic acids is 1. The second-order valence-electron chi connectivity index (χ2n) is 12.8. The lowest BCUT2D eigenvalue weighted by Gasteiger charge is -2.28. The van der Waals surface area contributed by atoms with Crippen molar-refractivity contribution < 1.29 is 42.4 Å². The SMILES string of the molecule is Cc1nc2c(ncn2[C@@H]2O[C@H](COP(C)(=S)O[C@@H]3C(C)[C@H](n4cnc5c(NC(=O)c6ccccc6)ncnc54)O[C@@H]3CO)C(C)[C@@H]2O[P+](=O)O)c(=O)[nH]1. The zero-order valence-corrected chi connectivity index (χ0v) is 31.4. The number of benzene rings is 1. The van der Waals surface area contributed by atoms with Crippen molar-refractivity contribution in [3.05, 3.63) is 71.1 Å². The van der Waals surface area contributed by atoms with E-state index in [0.29, 0.717) is 22.6 Å². The number of hydrogen-bond acceptors (Lipinski definition) is 15. The number of imidazole rings is 2. The summed E-state index contributed by atoms with van der Waals surface area (Å²) >= 11 is 5.83. The fourth-order valence-corrected chi connectivity index (χ4v) is 8.84. The fourth-order valence-electron chi connectivity index (χ4n) is 6.61. The Morgan fingerprint density at radius 1 is 1.02 bits per heavy atom. The first-order valence-corrected chi connectivity index (χ1v) is 20.7. The van der Waals surface area contributed by atoms with Crippen LogP contribution >= 0.6 is 14.7 Å². The van der Waals surface area contributed by atoms with Crippen LogP contribution in [-0.4, -0.2) is 99.2 Å². The molecule has 0 bridgehead atoms. The van der Waals surface area contributed by atoms with Crippen LogP contribution in [0.1, 0.15) is 42.5 Å². The minimum absolute atomic E-state index is 0.0665. The summed E-state index contributed by atoms with van der Waals surface area (Å²) in [5, 5.41) is 13.1. The van der Waals surface area contributed by atoms with Gasteiger partial charge in [-0.25, -0.2) is 24.9 Å². The lowest BCUT2D eigenvalue weighted by Crippen LogP contribution is -2.31. The highest BCUT2D eigenvalue weighted by atomic mass is 32.5. The predicted octanol–water partition coefficient (Wildman–Crippen LogP) is 2.96. The third-order valence-electron chi connectivity index (χ3n) is 9.25. The summed E-state index contributed by atoms with van der Waals surface area (Å²) < 4.78 is 45.6.